The molecule has 1 aromatic rings. The molecule has 1 heteroatoms. The Morgan fingerprint density at radius 3 is 1.94 bits per heavy atom. The first-order valence-electron chi connectivity index (χ1n) is 6.98. The van der Waals surface area contributed by atoms with Crippen LogP contribution in [0.1, 0.15) is 64.5 Å². The van der Waals surface area contributed by atoms with Gasteiger partial charge in [-0.25, -0.2) is 0 Å². The van der Waals surface area contributed by atoms with Crippen molar-refractivity contribution < 1.29 is 4.79 Å². The predicted molar refractivity (Wildman–Crippen MR) is 76.0 cm³/mol. The van der Waals surface area contributed by atoms with Gasteiger partial charge in [-0.2, -0.15) is 0 Å². The highest BCUT2D eigenvalue weighted by molar-refractivity contribution is 5.88. The van der Waals surface area contributed by atoms with E-state index in [9.17, 15) is 4.79 Å². The molecule has 0 N–H and O–H groups in total. The van der Waals surface area contributed by atoms with Gasteiger partial charge >= 0.3 is 0 Å². The molecule has 1 nitrogen and oxygen atoms in total. The van der Waals surface area contributed by atoms with Gasteiger partial charge in [-0.1, -0.05) is 57.9 Å². The topological polar surface area (TPSA) is 17.1 Å². The number of hydrogen-bond donors (Lipinski definition) is 0. The van der Waals surface area contributed by atoms with E-state index in [1.165, 1.54) is 24.0 Å². The molecule has 1 fully saturated rings. The Balaban J connectivity index is 2.36. The predicted octanol–water partition coefficient (Wildman–Crippen LogP) is 4.38. The van der Waals surface area contributed by atoms with E-state index in [1.54, 1.807) is 6.92 Å². The first kappa shape index (κ1) is 13.3. The first-order valence-corrected chi connectivity index (χ1v) is 6.98. The minimum Gasteiger partial charge on any atom is -0.299 e. The molecule has 1 aliphatic rings. The molecular formula is C17H24O. The van der Waals surface area contributed by atoms with Crippen molar-refractivity contribution in [3.05, 3.63) is 35.4 Å². The standard InChI is InChI=1S/C17H24O/c1-13(18)17(11-5-6-12-17)15-9-7-14(8-10-15)16(2,3)4/h7-10H,5-6,11-12H2,1-4H3. The summed E-state index contributed by atoms with van der Waals surface area (Å²) in [7, 11) is 0. The highest BCUT2D eigenvalue weighted by Gasteiger charge is 2.39. The van der Waals surface area contributed by atoms with E-state index in [0.29, 0.717) is 5.78 Å². The van der Waals surface area contributed by atoms with Crippen LogP contribution < -0.4 is 0 Å². The normalized spacial score (nSPS) is 18.9. The van der Waals surface area contributed by atoms with Crippen molar-refractivity contribution in [2.24, 2.45) is 0 Å². The highest BCUT2D eigenvalue weighted by Crippen LogP contribution is 2.42. The zero-order valence-corrected chi connectivity index (χ0v) is 12.0. The lowest BCUT2D eigenvalue weighted by molar-refractivity contribution is -0.122. The summed E-state index contributed by atoms with van der Waals surface area (Å²) in [5.74, 6) is 0.337. The van der Waals surface area contributed by atoms with Crippen LogP contribution in [0.25, 0.3) is 0 Å². The molecule has 1 saturated carbocycles. The van der Waals surface area contributed by atoms with Crippen molar-refractivity contribution in [2.45, 2.75) is 64.2 Å². The molecule has 0 spiro atoms. The second-order valence-corrected chi connectivity index (χ2v) is 6.67. The van der Waals surface area contributed by atoms with Gasteiger partial charge in [0.2, 0.25) is 0 Å². The van der Waals surface area contributed by atoms with Crippen molar-refractivity contribution in [1.82, 2.24) is 0 Å². The molecule has 98 valence electrons. The third kappa shape index (κ3) is 2.23. The van der Waals surface area contributed by atoms with E-state index in [0.717, 1.165) is 12.8 Å². The van der Waals surface area contributed by atoms with Crippen LogP contribution in [0.3, 0.4) is 0 Å². The Hall–Kier alpha value is -1.11. The SMILES string of the molecule is CC(=O)C1(c2ccc(C(C)(C)C)cc2)CCCC1. The molecule has 0 unspecified atom stereocenters. The average molecular weight is 244 g/mol. The van der Waals surface area contributed by atoms with E-state index in [-0.39, 0.29) is 10.8 Å². The maximum absolute atomic E-state index is 12.1. The van der Waals surface area contributed by atoms with Gasteiger partial charge in [-0.3, -0.25) is 4.79 Å². The van der Waals surface area contributed by atoms with Gasteiger partial charge < -0.3 is 0 Å². The van der Waals surface area contributed by atoms with Gasteiger partial charge in [0.05, 0.1) is 5.41 Å². The van der Waals surface area contributed by atoms with Crippen LogP contribution in [0.4, 0.5) is 0 Å². The lowest BCUT2D eigenvalue weighted by Gasteiger charge is -2.28. The van der Waals surface area contributed by atoms with Gasteiger partial charge in [-0.15, -0.1) is 0 Å². The molecule has 0 heterocycles. The molecular weight excluding hydrogens is 220 g/mol. The van der Waals surface area contributed by atoms with Crippen LogP contribution in [0.5, 0.6) is 0 Å². The van der Waals surface area contributed by atoms with Crippen LogP contribution in [0, 0.1) is 0 Å². The number of rotatable bonds is 2. The largest absolute Gasteiger partial charge is 0.299 e. The van der Waals surface area contributed by atoms with Gasteiger partial charge in [0.1, 0.15) is 5.78 Å². The monoisotopic (exact) mass is 244 g/mol. The summed E-state index contributed by atoms with van der Waals surface area (Å²) >= 11 is 0. The van der Waals surface area contributed by atoms with Crippen LogP contribution in [0.2, 0.25) is 0 Å². The number of carbonyl (C=O) groups excluding carboxylic acids is 1. The Bertz CT molecular complexity index is 428. The fourth-order valence-electron chi connectivity index (χ4n) is 3.11. The summed E-state index contributed by atoms with van der Waals surface area (Å²) in [6, 6.07) is 8.73. The molecule has 0 saturated heterocycles. The van der Waals surface area contributed by atoms with E-state index in [2.05, 4.69) is 45.0 Å². The van der Waals surface area contributed by atoms with E-state index < -0.39 is 0 Å². The molecule has 0 aliphatic heterocycles. The first-order chi connectivity index (χ1) is 8.36. The maximum Gasteiger partial charge on any atom is 0.140 e. The molecule has 0 aromatic heterocycles. The summed E-state index contributed by atoms with van der Waals surface area (Å²) in [4.78, 5) is 12.1. The van der Waals surface area contributed by atoms with Crippen LogP contribution in [0.15, 0.2) is 24.3 Å². The van der Waals surface area contributed by atoms with E-state index in [1.807, 2.05) is 0 Å². The molecule has 18 heavy (non-hydrogen) atoms. The van der Waals surface area contributed by atoms with Crippen molar-refractivity contribution in [2.75, 3.05) is 0 Å². The summed E-state index contributed by atoms with van der Waals surface area (Å²) < 4.78 is 0. The highest BCUT2D eigenvalue weighted by atomic mass is 16.1. The minimum absolute atomic E-state index is 0.178. The Kier molecular flexibility index (Phi) is 3.35. The van der Waals surface area contributed by atoms with Crippen molar-refractivity contribution in [3.63, 3.8) is 0 Å². The number of Topliss-reactive ketones (excluding diaryl/α,β-unsaturated/α-hetero) is 1. The van der Waals surface area contributed by atoms with E-state index in [4.69, 9.17) is 0 Å². The molecule has 2 rings (SSSR count). The Labute approximate surface area is 111 Å². The molecule has 0 amide bonds. The summed E-state index contributed by atoms with van der Waals surface area (Å²) in [6.07, 6.45) is 4.41. The summed E-state index contributed by atoms with van der Waals surface area (Å²) in [6.45, 7) is 8.41. The zero-order chi connectivity index (χ0) is 13.4. The molecule has 1 aliphatic carbocycles. The van der Waals surface area contributed by atoms with Gasteiger partial charge in [0.25, 0.3) is 0 Å². The number of benzene rings is 1. The molecule has 0 radical (unpaired) electrons. The summed E-state index contributed by atoms with van der Waals surface area (Å²) in [5, 5.41) is 0. The van der Waals surface area contributed by atoms with Crippen molar-refractivity contribution in [3.8, 4) is 0 Å². The second-order valence-electron chi connectivity index (χ2n) is 6.67. The van der Waals surface area contributed by atoms with Crippen LogP contribution in [-0.2, 0) is 15.6 Å². The third-order valence-corrected chi connectivity index (χ3v) is 4.43. The lowest BCUT2D eigenvalue weighted by atomic mass is 9.74. The van der Waals surface area contributed by atoms with Crippen LogP contribution in [-0.4, -0.2) is 5.78 Å². The fourth-order valence-corrected chi connectivity index (χ4v) is 3.11. The third-order valence-electron chi connectivity index (χ3n) is 4.43. The quantitative estimate of drug-likeness (QED) is 0.754. The van der Waals surface area contributed by atoms with E-state index >= 15 is 0 Å². The Morgan fingerprint density at radius 2 is 1.56 bits per heavy atom. The number of ketones is 1. The van der Waals surface area contributed by atoms with Crippen LogP contribution >= 0.6 is 0 Å². The average Bonchev–Trinajstić information content (AvgIpc) is 2.78. The Morgan fingerprint density at radius 1 is 1.06 bits per heavy atom. The van der Waals surface area contributed by atoms with Gasteiger partial charge in [-0.05, 0) is 36.3 Å². The number of carbonyl (C=O) groups is 1. The molecule has 0 bridgehead atoms. The lowest BCUT2D eigenvalue weighted by Crippen LogP contribution is -2.30. The fraction of sp³-hybridized carbons (Fsp3) is 0.588. The number of hydrogen-bond acceptors (Lipinski definition) is 1. The van der Waals surface area contributed by atoms with Crippen molar-refractivity contribution in [1.29, 1.82) is 0 Å². The molecule has 1 aromatic carbocycles. The maximum atomic E-state index is 12.1. The second kappa shape index (κ2) is 4.53. The zero-order valence-electron chi connectivity index (χ0n) is 12.0. The minimum atomic E-state index is -0.184. The smallest absolute Gasteiger partial charge is 0.140 e. The van der Waals surface area contributed by atoms with Crippen molar-refractivity contribution >= 4 is 5.78 Å². The van der Waals surface area contributed by atoms with Gasteiger partial charge in [0.15, 0.2) is 0 Å². The summed E-state index contributed by atoms with van der Waals surface area (Å²) in [5.41, 5.74) is 2.55. The molecule has 0 atom stereocenters. The van der Waals surface area contributed by atoms with Gasteiger partial charge in [0, 0.05) is 0 Å².